The number of aliphatic hydroxyl groups is 4. The van der Waals surface area contributed by atoms with Crippen molar-refractivity contribution >= 4 is 0 Å². The Morgan fingerprint density at radius 3 is 0.607 bits per heavy atom. The fourth-order valence-electron chi connectivity index (χ4n) is 1.45. The number of aliphatic hydroxyl groups excluding tert-OH is 4. The first-order valence-electron chi connectivity index (χ1n) is 6.59. The van der Waals surface area contributed by atoms with Crippen LogP contribution in [-0.2, 0) is 0 Å². The Bertz CT molecular complexity index is 352. The minimum Gasteiger partial charge on any atom is -0.390 e. The second-order valence-electron chi connectivity index (χ2n) is 4.38. The first kappa shape index (κ1) is 32.3. The van der Waals surface area contributed by atoms with Crippen molar-refractivity contribution in [3.63, 3.8) is 0 Å². The fraction of sp³-hybridized carbons (Fsp3) is 1.00. The molecule has 8 N–H and O–H groups in total. The number of rotatable bonds is 0. The highest BCUT2D eigenvalue weighted by Gasteiger charge is 2.25. The molecule has 1 saturated carbocycles. The lowest BCUT2D eigenvalue weighted by Gasteiger charge is -2.26. The third kappa shape index (κ3) is 49.5. The molecule has 1 rings (SSSR count). The van der Waals surface area contributed by atoms with E-state index in [2.05, 4.69) is 0 Å². The summed E-state index contributed by atoms with van der Waals surface area (Å²) in [4.78, 5) is 33.4. The summed E-state index contributed by atoms with van der Waals surface area (Å²) in [6.07, 6.45) is -1.64. The normalized spacial score (nSPS) is 22.7. The molecule has 0 bridgehead atoms. The van der Waals surface area contributed by atoms with Crippen LogP contribution in [0, 0.1) is 40.5 Å². The zero-order valence-corrected chi connectivity index (χ0v) is 13.8. The molecule has 0 radical (unpaired) electrons. The second kappa shape index (κ2) is 20.0. The van der Waals surface area contributed by atoms with E-state index >= 15 is 0 Å². The monoisotopic (exact) mass is 428 g/mol. The van der Waals surface area contributed by atoms with Crippen LogP contribution in [0.4, 0.5) is 0 Å². The van der Waals surface area contributed by atoms with Gasteiger partial charge in [-0.1, -0.05) is 0 Å². The Hall–Kier alpha value is -3.36. The summed E-state index contributed by atoms with van der Waals surface area (Å²) in [6, 6.07) is 0. The van der Waals surface area contributed by atoms with Crippen LogP contribution in [0.5, 0.6) is 0 Å². The molecule has 4 unspecified atom stereocenters. The predicted octanol–water partition coefficient (Wildman–Crippen LogP) is -2.39. The maximum absolute atomic E-state index is 9.24. The first-order valence-corrected chi connectivity index (χ1v) is 6.59. The predicted molar refractivity (Wildman–Crippen MR) is 77.6 cm³/mol. The summed E-state index contributed by atoms with van der Waals surface area (Å²) in [7, 11) is 0. The Kier molecular flexibility index (Phi) is 23.0. The molecule has 1 aliphatic rings. The average molecular weight is 428 g/mol. The molecule has 1 aliphatic carbocycles. The van der Waals surface area contributed by atoms with E-state index in [1.807, 2.05) is 0 Å². The molecule has 28 heavy (non-hydrogen) atoms. The summed E-state index contributed by atoms with van der Waals surface area (Å²) in [5.74, 6) is 0. The maximum Gasteiger partial charge on any atom is 0.291 e. The van der Waals surface area contributed by atoms with Gasteiger partial charge in [-0.15, -0.1) is 40.5 Å². The van der Waals surface area contributed by atoms with Crippen LogP contribution in [0.15, 0.2) is 0 Å². The van der Waals surface area contributed by atoms with E-state index < -0.39 is 44.8 Å². The van der Waals surface area contributed by atoms with Crippen LogP contribution >= 0.6 is 0 Å². The van der Waals surface area contributed by atoms with Gasteiger partial charge < -0.3 is 41.3 Å². The molecule has 0 aliphatic heterocycles. The third-order valence-electron chi connectivity index (χ3n) is 2.40. The van der Waals surface area contributed by atoms with Crippen LogP contribution in [0.25, 0.3) is 0 Å². The highest BCUT2D eigenvalue weighted by molar-refractivity contribution is 4.78. The second-order valence-corrected chi connectivity index (χ2v) is 4.38. The molecule has 4 atom stereocenters. The molecule has 168 valence electrons. The largest absolute Gasteiger partial charge is 0.390 e. The standard InChI is InChI=1S/C8H16O4.4HNO3/c9-5-1-2-6(10)8(12)4-3-7(5)11;4*2-1(3)4/h5-12H,1-4H2;4*(H,2,3,4). The van der Waals surface area contributed by atoms with Gasteiger partial charge in [-0.3, -0.25) is 0 Å². The van der Waals surface area contributed by atoms with Crippen LogP contribution in [0.1, 0.15) is 25.7 Å². The van der Waals surface area contributed by atoms with Crippen molar-refractivity contribution in [3.05, 3.63) is 40.5 Å². The van der Waals surface area contributed by atoms with E-state index in [9.17, 15) is 20.4 Å². The fourth-order valence-corrected chi connectivity index (χ4v) is 1.45. The summed E-state index contributed by atoms with van der Waals surface area (Å²) in [5, 5.41) is 91.5. The number of hydrogen-bond donors (Lipinski definition) is 8. The molecule has 20 heteroatoms. The Balaban J connectivity index is -0.000000150. The van der Waals surface area contributed by atoms with Gasteiger partial charge in [0.2, 0.25) is 0 Å². The Morgan fingerprint density at radius 1 is 0.464 bits per heavy atom. The van der Waals surface area contributed by atoms with Crippen molar-refractivity contribution in [1.82, 2.24) is 0 Å². The lowest BCUT2D eigenvalue weighted by molar-refractivity contribution is -0.742. The molecule has 0 amide bonds. The summed E-state index contributed by atoms with van der Waals surface area (Å²) in [5.41, 5.74) is 0. The molecule has 0 aromatic carbocycles. The van der Waals surface area contributed by atoms with Crippen molar-refractivity contribution in [3.8, 4) is 0 Å². The van der Waals surface area contributed by atoms with Gasteiger partial charge >= 0.3 is 0 Å². The van der Waals surface area contributed by atoms with Gasteiger partial charge in [0, 0.05) is 0 Å². The van der Waals surface area contributed by atoms with E-state index in [1.54, 1.807) is 0 Å². The summed E-state index contributed by atoms with van der Waals surface area (Å²) < 4.78 is 0. The molecule has 20 nitrogen and oxygen atoms in total. The Labute approximate surface area is 153 Å². The van der Waals surface area contributed by atoms with Gasteiger partial charge in [-0.05, 0) is 25.7 Å². The van der Waals surface area contributed by atoms with Crippen LogP contribution in [0.2, 0.25) is 0 Å². The molecule has 0 aromatic rings. The van der Waals surface area contributed by atoms with Gasteiger partial charge in [-0.25, -0.2) is 0 Å². The third-order valence-corrected chi connectivity index (χ3v) is 2.40. The van der Waals surface area contributed by atoms with Crippen molar-refractivity contribution < 1.29 is 61.6 Å². The van der Waals surface area contributed by atoms with E-state index in [-0.39, 0.29) is 0 Å². The zero-order valence-electron chi connectivity index (χ0n) is 13.8. The topological polar surface area (TPSA) is 334 Å². The average Bonchev–Trinajstić information content (AvgIpc) is 2.46. The first-order chi connectivity index (χ1) is 12.5. The zero-order chi connectivity index (χ0) is 23.4. The quantitative estimate of drug-likeness (QED) is 0.147. The van der Waals surface area contributed by atoms with Crippen LogP contribution in [-0.4, -0.2) is 86.0 Å². The van der Waals surface area contributed by atoms with Gasteiger partial charge in [-0.2, -0.15) is 0 Å². The highest BCUT2D eigenvalue weighted by atomic mass is 16.9. The minimum atomic E-state index is -1.50. The van der Waals surface area contributed by atoms with Crippen molar-refractivity contribution in [1.29, 1.82) is 0 Å². The van der Waals surface area contributed by atoms with Crippen LogP contribution < -0.4 is 0 Å². The summed E-state index contributed by atoms with van der Waals surface area (Å²) >= 11 is 0. The van der Waals surface area contributed by atoms with E-state index in [0.717, 1.165) is 0 Å². The van der Waals surface area contributed by atoms with Crippen molar-refractivity contribution in [2.24, 2.45) is 0 Å². The minimum absolute atomic E-state index is 0.347. The highest BCUT2D eigenvalue weighted by Crippen LogP contribution is 2.18. The van der Waals surface area contributed by atoms with Crippen molar-refractivity contribution in [2.75, 3.05) is 0 Å². The van der Waals surface area contributed by atoms with Gasteiger partial charge in [0.25, 0.3) is 20.3 Å². The SMILES string of the molecule is O=[N+]([O-])O.O=[N+]([O-])O.O=[N+]([O-])O.O=[N+]([O-])O.OC1CCC(O)C(O)CCC1O. The molecule has 0 aromatic heterocycles. The molecule has 1 fully saturated rings. The van der Waals surface area contributed by atoms with Crippen molar-refractivity contribution in [2.45, 2.75) is 50.1 Å². The molecular formula is C8H20N4O16. The van der Waals surface area contributed by atoms with Gasteiger partial charge in [0.15, 0.2) is 0 Å². The Morgan fingerprint density at radius 2 is 0.536 bits per heavy atom. The lowest BCUT2D eigenvalue weighted by atomic mass is 9.93. The molecule has 0 heterocycles. The van der Waals surface area contributed by atoms with Gasteiger partial charge in [0.1, 0.15) is 0 Å². The van der Waals surface area contributed by atoms with E-state index in [0.29, 0.717) is 25.7 Å². The maximum atomic E-state index is 9.24. The summed E-state index contributed by atoms with van der Waals surface area (Å²) in [6.45, 7) is 0. The van der Waals surface area contributed by atoms with Gasteiger partial charge in [0.05, 0.1) is 24.4 Å². The molecule has 0 spiro atoms. The number of nitrogens with zero attached hydrogens (tertiary/aromatic N) is 4. The number of hydrogen-bond acceptors (Lipinski definition) is 12. The molecule has 0 saturated heterocycles. The smallest absolute Gasteiger partial charge is 0.291 e. The molecular weight excluding hydrogens is 408 g/mol. The lowest BCUT2D eigenvalue weighted by Crippen LogP contribution is -2.35. The van der Waals surface area contributed by atoms with E-state index in [1.165, 1.54) is 0 Å². The van der Waals surface area contributed by atoms with E-state index in [4.69, 9.17) is 61.3 Å². The van der Waals surface area contributed by atoms with Crippen LogP contribution in [0.3, 0.4) is 0 Å².